The Kier molecular flexibility index (Phi) is 5.06. The minimum Gasteiger partial charge on any atom is -0.467 e. The van der Waals surface area contributed by atoms with Crippen molar-refractivity contribution in [3.8, 4) is 0 Å². The predicted octanol–water partition coefficient (Wildman–Crippen LogP) is -0.0215. The van der Waals surface area contributed by atoms with E-state index >= 15 is 0 Å². The summed E-state index contributed by atoms with van der Waals surface area (Å²) in [6.45, 7) is 4.95. The molecule has 5 atom stereocenters. The molecule has 104 valence electrons. The van der Waals surface area contributed by atoms with Crippen LogP contribution in [-0.4, -0.2) is 37.5 Å². The van der Waals surface area contributed by atoms with Gasteiger partial charge >= 0.3 is 11.9 Å². The van der Waals surface area contributed by atoms with Crippen LogP contribution in [0.3, 0.4) is 0 Å². The van der Waals surface area contributed by atoms with Gasteiger partial charge < -0.3 is 14.2 Å². The van der Waals surface area contributed by atoms with Crippen LogP contribution in [0.15, 0.2) is 0 Å². The van der Waals surface area contributed by atoms with Gasteiger partial charge in [-0.2, -0.15) is 0 Å². The van der Waals surface area contributed by atoms with Gasteiger partial charge in [0.2, 0.25) is 0 Å². The summed E-state index contributed by atoms with van der Waals surface area (Å²) in [6, 6.07) is 0. The molecule has 18 heavy (non-hydrogen) atoms. The maximum atomic E-state index is 11.6. The summed E-state index contributed by atoms with van der Waals surface area (Å²) >= 11 is 0. The maximum Gasteiger partial charge on any atom is 0.339 e. The van der Waals surface area contributed by atoms with E-state index < -0.39 is 30.4 Å². The summed E-state index contributed by atoms with van der Waals surface area (Å²) in [5, 5.41) is 0. The van der Waals surface area contributed by atoms with Crippen molar-refractivity contribution < 1.29 is 28.6 Å². The quantitative estimate of drug-likeness (QED) is 0.563. The summed E-state index contributed by atoms with van der Waals surface area (Å²) in [6.07, 6.45) is -2.48. The van der Waals surface area contributed by atoms with Crippen molar-refractivity contribution in [2.75, 3.05) is 7.11 Å². The highest BCUT2D eigenvalue weighted by Crippen LogP contribution is 2.33. The second-order valence-corrected chi connectivity index (χ2v) is 4.38. The fraction of sp³-hybridized carbons (Fsp3) is 0.818. The topological polar surface area (TPSA) is 97.1 Å². The molecule has 1 saturated heterocycles. The van der Waals surface area contributed by atoms with Gasteiger partial charge in [0.15, 0.2) is 12.4 Å². The lowest BCUT2D eigenvalue weighted by Gasteiger charge is -2.41. The molecule has 1 heterocycles. The number of hydrogen-bond acceptors (Lipinski definition) is 7. The zero-order valence-corrected chi connectivity index (χ0v) is 10.9. The lowest BCUT2D eigenvalue weighted by Crippen LogP contribution is -2.55. The van der Waals surface area contributed by atoms with Gasteiger partial charge in [-0.15, -0.1) is 0 Å². The SMILES string of the molecule is COC(=O)[C@H]1O[C@@H](ON)[C@H](C)[C@@H](C)[C@@H]1OC(C)=O. The van der Waals surface area contributed by atoms with Crippen molar-refractivity contribution in [1.82, 2.24) is 0 Å². The fourth-order valence-corrected chi connectivity index (χ4v) is 1.99. The van der Waals surface area contributed by atoms with Crippen LogP contribution < -0.4 is 5.90 Å². The third kappa shape index (κ3) is 2.98. The first-order chi connectivity index (χ1) is 8.42. The van der Waals surface area contributed by atoms with Crippen molar-refractivity contribution >= 4 is 11.9 Å². The first-order valence-corrected chi connectivity index (χ1v) is 5.68. The highest BCUT2D eigenvalue weighted by molar-refractivity contribution is 5.76. The van der Waals surface area contributed by atoms with E-state index in [0.717, 1.165) is 0 Å². The summed E-state index contributed by atoms with van der Waals surface area (Å²) in [4.78, 5) is 27.4. The molecule has 0 amide bonds. The van der Waals surface area contributed by atoms with Crippen LogP contribution in [0.1, 0.15) is 20.8 Å². The lowest BCUT2D eigenvalue weighted by atomic mass is 9.84. The predicted molar refractivity (Wildman–Crippen MR) is 59.8 cm³/mol. The minimum absolute atomic E-state index is 0.125. The van der Waals surface area contributed by atoms with E-state index in [1.54, 1.807) is 0 Å². The molecule has 0 spiro atoms. The molecule has 7 heteroatoms. The molecule has 0 radical (unpaired) electrons. The van der Waals surface area contributed by atoms with Crippen LogP contribution in [0.5, 0.6) is 0 Å². The van der Waals surface area contributed by atoms with Crippen molar-refractivity contribution in [2.45, 2.75) is 39.3 Å². The maximum absolute atomic E-state index is 11.6. The van der Waals surface area contributed by atoms with Gasteiger partial charge in [-0.25, -0.2) is 10.7 Å². The molecule has 1 aliphatic heterocycles. The highest BCUT2D eigenvalue weighted by Gasteiger charge is 2.47. The fourth-order valence-electron chi connectivity index (χ4n) is 1.99. The number of esters is 2. The summed E-state index contributed by atoms with van der Waals surface area (Å²) in [5.74, 6) is 3.74. The normalized spacial score (nSPS) is 35.9. The molecule has 2 N–H and O–H groups in total. The number of ether oxygens (including phenoxy) is 3. The molecule has 0 aromatic carbocycles. The lowest BCUT2D eigenvalue weighted by molar-refractivity contribution is -0.268. The molecule has 7 nitrogen and oxygen atoms in total. The van der Waals surface area contributed by atoms with Crippen LogP contribution in [0.4, 0.5) is 0 Å². The van der Waals surface area contributed by atoms with E-state index in [1.165, 1.54) is 14.0 Å². The number of nitrogens with two attached hydrogens (primary N) is 1. The van der Waals surface area contributed by atoms with Crippen LogP contribution in [0.2, 0.25) is 0 Å². The molecule has 0 aromatic heterocycles. The zero-order chi connectivity index (χ0) is 13.9. The first kappa shape index (κ1) is 14.9. The number of carbonyl (C=O) groups excluding carboxylic acids is 2. The Morgan fingerprint density at radius 3 is 2.28 bits per heavy atom. The Morgan fingerprint density at radius 2 is 1.83 bits per heavy atom. The van der Waals surface area contributed by atoms with Crippen LogP contribution in [-0.2, 0) is 28.6 Å². The molecule has 0 bridgehead atoms. The average molecular weight is 261 g/mol. The smallest absolute Gasteiger partial charge is 0.339 e. The van der Waals surface area contributed by atoms with Gasteiger partial charge in [-0.3, -0.25) is 9.63 Å². The third-order valence-electron chi connectivity index (χ3n) is 3.23. The molecule has 0 unspecified atom stereocenters. The van der Waals surface area contributed by atoms with Gasteiger partial charge in [0, 0.05) is 18.8 Å². The number of hydrogen-bond donors (Lipinski definition) is 1. The second kappa shape index (κ2) is 6.12. The second-order valence-electron chi connectivity index (χ2n) is 4.38. The Bertz CT molecular complexity index is 321. The van der Waals surface area contributed by atoms with Crippen molar-refractivity contribution in [3.05, 3.63) is 0 Å². The van der Waals surface area contributed by atoms with E-state index in [-0.39, 0.29) is 11.8 Å². The van der Waals surface area contributed by atoms with Gasteiger partial charge in [0.25, 0.3) is 0 Å². The zero-order valence-electron chi connectivity index (χ0n) is 10.9. The highest BCUT2D eigenvalue weighted by atomic mass is 16.8. The standard InChI is InChI=1S/C11H19NO6/c1-5-6(2)11(18-12)17-9(10(14)15-4)8(5)16-7(3)13/h5-6,8-9,11H,12H2,1-4H3/t5-,6-,8+,9+,11+/m1/s1. The minimum atomic E-state index is -1.03. The summed E-state index contributed by atoms with van der Waals surface area (Å²) in [7, 11) is 1.23. The van der Waals surface area contributed by atoms with Crippen molar-refractivity contribution in [2.24, 2.45) is 17.7 Å². The average Bonchev–Trinajstić information content (AvgIpc) is 2.34. The van der Waals surface area contributed by atoms with Gasteiger partial charge in [0.05, 0.1) is 7.11 Å². The van der Waals surface area contributed by atoms with Crippen molar-refractivity contribution in [1.29, 1.82) is 0 Å². The van der Waals surface area contributed by atoms with E-state index in [1.807, 2.05) is 13.8 Å². The monoisotopic (exact) mass is 261 g/mol. The largest absolute Gasteiger partial charge is 0.467 e. The Morgan fingerprint density at radius 1 is 1.22 bits per heavy atom. The third-order valence-corrected chi connectivity index (χ3v) is 3.23. The Hall–Kier alpha value is -1.18. The summed E-state index contributed by atoms with van der Waals surface area (Å²) < 4.78 is 15.2. The molecular weight excluding hydrogens is 242 g/mol. The molecule has 0 aliphatic carbocycles. The van der Waals surface area contributed by atoms with Crippen molar-refractivity contribution in [3.63, 3.8) is 0 Å². The summed E-state index contributed by atoms with van der Waals surface area (Å²) in [5.41, 5.74) is 0. The van der Waals surface area contributed by atoms with E-state index in [9.17, 15) is 9.59 Å². The van der Waals surface area contributed by atoms with Gasteiger partial charge in [-0.05, 0) is 0 Å². The van der Waals surface area contributed by atoms with E-state index in [0.29, 0.717) is 0 Å². The van der Waals surface area contributed by atoms with Crippen LogP contribution in [0, 0.1) is 11.8 Å². The molecule has 1 rings (SSSR count). The van der Waals surface area contributed by atoms with Crippen LogP contribution in [0.25, 0.3) is 0 Å². The van der Waals surface area contributed by atoms with Gasteiger partial charge in [0.1, 0.15) is 6.10 Å². The number of methoxy groups -OCH3 is 1. The molecule has 0 saturated carbocycles. The molecule has 1 fully saturated rings. The number of rotatable bonds is 3. The molecule has 1 aliphatic rings. The molecular formula is C11H19NO6. The van der Waals surface area contributed by atoms with E-state index in [2.05, 4.69) is 9.57 Å². The first-order valence-electron chi connectivity index (χ1n) is 5.68. The molecule has 0 aromatic rings. The van der Waals surface area contributed by atoms with Crippen LogP contribution >= 0.6 is 0 Å². The van der Waals surface area contributed by atoms with E-state index in [4.69, 9.17) is 15.4 Å². The van der Waals surface area contributed by atoms with Gasteiger partial charge in [-0.1, -0.05) is 13.8 Å². The number of carbonyl (C=O) groups is 2. The Labute approximate surface area is 105 Å². The Balaban J connectivity index is 2.93.